The lowest BCUT2D eigenvalue weighted by Gasteiger charge is -2.27. The lowest BCUT2D eigenvalue weighted by molar-refractivity contribution is 0.0526. The number of aliphatic hydroxyl groups is 2. The summed E-state index contributed by atoms with van der Waals surface area (Å²) in [5.41, 5.74) is 0.478. The van der Waals surface area contributed by atoms with Gasteiger partial charge in [0.05, 0.1) is 18.3 Å². The van der Waals surface area contributed by atoms with E-state index in [-0.39, 0.29) is 18.7 Å². The SMILES string of the molecule is CCOC(=O)c1ccc(OC[C@@H](O)CNC2CCC(O)CC2)cc1. The molecule has 1 fully saturated rings. The molecule has 1 aliphatic carbocycles. The summed E-state index contributed by atoms with van der Waals surface area (Å²) in [4.78, 5) is 11.6. The fourth-order valence-corrected chi connectivity index (χ4v) is 2.74. The van der Waals surface area contributed by atoms with Crippen LogP contribution in [0.25, 0.3) is 0 Å². The summed E-state index contributed by atoms with van der Waals surface area (Å²) >= 11 is 0. The standard InChI is InChI=1S/C18H27NO5/c1-2-23-18(22)13-3-9-17(10-4-13)24-12-16(21)11-19-14-5-7-15(20)8-6-14/h3-4,9-10,14-16,19-21H,2,5-8,11-12H2,1H3/t14?,15?,16-/m0/s1. The molecule has 1 aromatic carbocycles. The minimum absolute atomic E-state index is 0.172. The van der Waals surface area contributed by atoms with Crippen LogP contribution >= 0.6 is 0 Å². The average molecular weight is 337 g/mol. The summed E-state index contributed by atoms with van der Waals surface area (Å²) < 4.78 is 10.5. The van der Waals surface area contributed by atoms with Crippen LogP contribution in [-0.2, 0) is 4.74 Å². The van der Waals surface area contributed by atoms with E-state index < -0.39 is 6.10 Å². The number of esters is 1. The Bertz CT molecular complexity index is 497. The molecular formula is C18H27NO5. The van der Waals surface area contributed by atoms with Gasteiger partial charge in [-0.1, -0.05) is 0 Å². The Morgan fingerprint density at radius 2 is 1.92 bits per heavy atom. The normalized spacial score (nSPS) is 22.0. The number of rotatable bonds is 8. The third-order valence-corrected chi connectivity index (χ3v) is 4.15. The molecule has 3 N–H and O–H groups in total. The van der Waals surface area contributed by atoms with Gasteiger partial charge in [-0.25, -0.2) is 4.79 Å². The van der Waals surface area contributed by atoms with E-state index in [1.54, 1.807) is 31.2 Å². The van der Waals surface area contributed by atoms with Gasteiger partial charge in [-0.2, -0.15) is 0 Å². The summed E-state index contributed by atoms with van der Waals surface area (Å²) in [6.07, 6.45) is 2.72. The molecule has 6 nitrogen and oxygen atoms in total. The number of carbonyl (C=O) groups is 1. The van der Waals surface area contributed by atoms with Crippen molar-refractivity contribution < 1.29 is 24.5 Å². The maximum absolute atomic E-state index is 11.6. The highest BCUT2D eigenvalue weighted by atomic mass is 16.5. The van der Waals surface area contributed by atoms with Gasteiger partial charge >= 0.3 is 5.97 Å². The van der Waals surface area contributed by atoms with Gasteiger partial charge in [0.2, 0.25) is 0 Å². The Labute approximate surface area is 142 Å². The third-order valence-electron chi connectivity index (χ3n) is 4.15. The summed E-state index contributed by atoms with van der Waals surface area (Å²) in [5, 5.41) is 22.8. The molecular weight excluding hydrogens is 310 g/mol. The third kappa shape index (κ3) is 6.11. The van der Waals surface area contributed by atoms with E-state index in [0.717, 1.165) is 25.7 Å². The van der Waals surface area contributed by atoms with Crippen LogP contribution in [0, 0.1) is 0 Å². The average Bonchev–Trinajstić information content (AvgIpc) is 2.60. The van der Waals surface area contributed by atoms with Crippen LogP contribution in [0.2, 0.25) is 0 Å². The van der Waals surface area contributed by atoms with Crippen molar-refractivity contribution in [2.24, 2.45) is 0 Å². The zero-order chi connectivity index (χ0) is 17.4. The van der Waals surface area contributed by atoms with Crippen molar-refractivity contribution >= 4 is 5.97 Å². The molecule has 0 saturated heterocycles. The summed E-state index contributed by atoms with van der Waals surface area (Å²) in [5.74, 6) is 0.244. The van der Waals surface area contributed by atoms with E-state index in [1.807, 2.05) is 0 Å². The van der Waals surface area contributed by atoms with Crippen LogP contribution in [0.15, 0.2) is 24.3 Å². The van der Waals surface area contributed by atoms with Gasteiger partial charge in [0.15, 0.2) is 0 Å². The highest BCUT2D eigenvalue weighted by molar-refractivity contribution is 5.89. The highest BCUT2D eigenvalue weighted by Crippen LogP contribution is 2.18. The predicted octanol–water partition coefficient (Wildman–Crippen LogP) is 1.50. The van der Waals surface area contributed by atoms with Gasteiger partial charge in [0.1, 0.15) is 18.5 Å². The second kappa shape index (κ2) is 9.61. The fourth-order valence-electron chi connectivity index (χ4n) is 2.74. The fraction of sp³-hybridized carbons (Fsp3) is 0.611. The molecule has 1 aromatic rings. The van der Waals surface area contributed by atoms with Crippen LogP contribution in [0.1, 0.15) is 43.0 Å². The molecule has 1 atom stereocenters. The molecule has 1 saturated carbocycles. The first-order valence-corrected chi connectivity index (χ1v) is 8.58. The monoisotopic (exact) mass is 337 g/mol. The number of hydrogen-bond acceptors (Lipinski definition) is 6. The van der Waals surface area contributed by atoms with Crippen molar-refractivity contribution in [3.63, 3.8) is 0 Å². The molecule has 24 heavy (non-hydrogen) atoms. The minimum Gasteiger partial charge on any atom is -0.491 e. The second-order valence-corrected chi connectivity index (χ2v) is 6.12. The first-order valence-electron chi connectivity index (χ1n) is 8.58. The number of aliphatic hydroxyl groups excluding tert-OH is 2. The molecule has 0 heterocycles. The molecule has 0 spiro atoms. The Morgan fingerprint density at radius 1 is 1.25 bits per heavy atom. The highest BCUT2D eigenvalue weighted by Gasteiger charge is 2.19. The van der Waals surface area contributed by atoms with E-state index in [4.69, 9.17) is 9.47 Å². The molecule has 0 aliphatic heterocycles. The lowest BCUT2D eigenvalue weighted by atomic mass is 9.93. The molecule has 0 amide bonds. The van der Waals surface area contributed by atoms with Gasteiger partial charge in [0.25, 0.3) is 0 Å². The first kappa shape index (κ1) is 18.7. The second-order valence-electron chi connectivity index (χ2n) is 6.12. The van der Waals surface area contributed by atoms with Gasteiger partial charge < -0.3 is 25.0 Å². The maximum Gasteiger partial charge on any atom is 0.338 e. The Balaban J connectivity index is 1.67. The van der Waals surface area contributed by atoms with Crippen molar-refractivity contribution in [3.05, 3.63) is 29.8 Å². The Hall–Kier alpha value is -1.63. The topological polar surface area (TPSA) is 88.0 Å². The quantitative estimate of drug-likeness (QED) is 0.623. The Kier molecular flexibility index (Phi) is 7.49. The summed E-state index contributed by atoms with van der Waals surface area (Å²) in [6.45, 7) is 2.75. The van der Waals surface area contributed by atoms with Gasteiger partial charge in [-0.05, 0) is 56.9 Å². The smallest absolute Gasteiger partial charge is 0.338 e. The van der Waals surface area contributed by atoms with Crippen LogP contribution in [0.3, 0.4) is 0 Å². The lowest BCUT2D eigenvalue weighted by Crippen LogP contribution is -2.40. The maximum atomic E-state index is 11.6. The van der Waals surface area contributed by atoms with Crippen LogP contribution in [0.5, 0.6) is 5.75 Å². The summed E-state index contributed by atoms with van der Waals surface area (Å²) in [7, 11) is 0. The molecule has 0 unspecified atom stereocenters. The zero-order valence-corrected chi connectivity index (χ0v) is 14.1. The van der Waals surface area contributed by atoms with Gasteiger partial charge in [-0.15, -0.1) is 0 Å². The van der Waals surface area contributed by atoms with E-state index in [9.17, 15) is 15.0 Å². The molecule has 6 heteroatoms. The van der Waals surface area contributed by atoms with E-state index in [2.05, 4.69) is 5.32 Å². The van der Waals surface area contributed by atoms with E-state index in [0.29, 0.717) is 30.5 Å². The van der Waals surface area contributed by atoms with Crippen molar-refractivity contribution in [1.29, 1.82) is 0 Å². The first-order chi connectivity index (χ1) is 11.6. The van der Waals surface area contributed by atoms with E-state index >= 15 is 0 Å². The van der Waals surface area contributed by atoms with Crippen LogP contribution < -0.4 is 10.1 Å². The minimum atomic E-state index is -0.610. The predicted molar refractivity (Wildman–Crippen MR) is 90.2 cm³/mol. The van der Waals surface area contributed by atoms with E-state index in [1.165, 1.54) is 0 Å². The van der Waals surface area contributed by atoms with Crippen molar-refractivity contribution in [1.82, 2.24) is 5.32 Å². The number of nitrogens with one attached hydrogen (secondary N) is 1. The number of benzene rings is 1. The number of ether oxygens (including phenoxy) is 2. The van der Waals surface area contributed by atoms with Crippen LogP contribution in [-0.4, -0.2) is 54.2 Å². The largest absolute Gasteiger partial charge is 0.491 e. The zero-order valence-electron chi connectivity index (χ0n) is 14.1. The molecule has 134 valence electrons. The van der Waals surface area contributed by atoms with Crippen molar-refractivity contribution in [2.75, 3.05) is 19.8 Å². The molecule has 1 aliphatic rings. The molecule has 0 radical (unpaired) electrons. The van der Waals surface area contributed by atoms with Crippen molar-refractivity contribution in [2.45, 2.75) is 50.9 Å². The number of carbonyl (C=O) groups excluding carboxylic acids is 1. The van der Waals surface area contributed by atoms with Crippen molar-refractivity contribution in [3.8, 4) is 5.75 Å². The molecule has 0 aromatic heterocycles. The summed E-state index contributed by atoms with van der Waals surface area (Å²) in [6, 6.07) is 7.02. The Morgan fingerprint density at radius 3 is 2.54 bits per heavy atom. The number of hydrogen-bond donors (Lipinski definition) is 3. The molecule has 0 bridgehead atoms. The van der Waals surface area contributed by atoms with Crippen LogP contribution in [0.4, 0.5) is 0 Å². The molecule has 2 rings (SSSR count). The van der Waals surface area contributed by atoms with Gasteiger partial charge in [0, 0.05) is 12.6 Å². The van der Waals surface area contributed by atoms with Gasteiger partial charge in [-0.3, -0.25) is 0 Å².